The smallest absolute Gasteiger partial charge is 0.150 e. The summed E-state index contributed by atoms with van der Waals surface area (Å²) < 4.78 is 5.44. The lowest BCUT2D eigenvalue weighted by molar-refractivity contribution is -0.120. The van der Waals surface area contributed by atoms with Crippen molar-refractivity contribution in [2.24, 2.45) is 5.73 Å². The number of fused-ring (bicyclic) bond motifs is 1. The van der Waals surface area contributed by atoms with Crippen LogP contribution in [0.4, 0.5) is 0 Å². The van der Waals surface area contributed by atoms with Crippen LogP contribution in [0, 0.1) is 12.3 Å². The van der Waals surface area contributed by atoms with E-state index in [0.29, 0.717) is 19.3 Å². The minimum atomic E-state index is -0.521. The third kappa shape index (κ3) is 2.91. The summed E-state index contributed by atoms with van der Waals surface area (Å²) in [6, 6.07) is 5.57. The zero-order valence-electron chi connectivity index (χ0n) is 10.3. The van der Waals surface area contributed by atoms with Crippen LogP contribution < -0.4 is 10.5 Å². The number of benzene rings is 1. The Labute approximate surface area is 107 Å². The van der Waals surface area contributed by atoms with Gasteiger partial charge in [-0.2, -0.15) is 0 Å². The molecule has 0 saturated carbocycles. The van der Waals surface area contributed by atoms with Crippen LogP contribution in [0.2, 0.25) is 0 Å². The minimum absolute atomic E-state index is 0.0321. The van der Waals surface area contributed by atoms with Crippen LogP contribution >= 0.6 is 0 Å². The van der Waals surface area contributed by atoms with Gasteiger partial charge in [-0.25, -0.2) is 0 Å². The first kappa shape index (κ1) is 12.7. The molecule has 2 N–H and O–H groups in total. The molecule has 0 spiro atoms. The van der Waals surface area contributed by atoms with E-state index in [1.165, 1.54) is 5.56 Å². The average Bonchev–Trinajstić information content (AvgIpc) is 2.83. The van der Waals surface area contributed by atoms with Gasteiger partial charge in [0, 0.05) is 19.3 Å². The van der Waals surface area contributed by atoms with E-state index in [1.54, 1.807) is 0 Å². The first-order chi connectivity index (χ1) is 8.70. The Balaban J connectivity index is 1.91. The second-order valence-electron chi connectivity index (χ2n) is 4.52. The van der Waals surface area contributed by atoms with Crippen LogP contribution in [0.1, 0.15) is 24.0 Å². The van der Waals surface area contributed by atoms with Crippen LogP contribution in [-0.4, -0.2) is 18.4 Å². The van der Waals surface area contributed by atoms with Crippen molar-refractivity contribution in [3.63, 3.8) is 0 Å². The minimum Gasteiger partial charge on any atom is -0.493 e. The third-order valence-electron chi connectivity index (χ3n) is 3.17. The predicted molar refractivity (Wildman–Crippen MR) is 70.4 cm³/mol. The number of rotatable bonds is 5. The highest BCUT2D eigenvalue weighted by Gasteiger charge is 2.14. The van der Waals surface area contributed by atoms with Crippen LogP contribution in [0.25, 0.3) is 0 Å². The quantitative estimate of drug-likeness (QED) is 0.797. The normalized spacial score (nSPS) is 14.4. The molecule has 0 bridgehead atoms. The number of ketones is 1. The molecular formula is C15H17NO2. The molecule has 0 amide bonds. The molecule has 0 fully saturated rings. The summed E-state index contributed by atoms with van der Waals surface area (Å²) in [4.78, 5) is 11.7. The fourth-order valence-corrected chi connectivity index (χ4v) is 2.09. The fraction of sp³-hybridized carbons (Fsp3) is 0.400. The number of ether oxygens (including phenoxy) is 1. The van der Waals surface area contributed by atoms with Crippen molar-refractivity contribution in [2.75, 3.05) is 6.61 Å². The Morgan fingerprint density at radius 1 is 1.56 bits per heavy atom. The number of carbonyl (C=O) groups excluding carboxylic acids is 1. The second kappa shape index (κ2) is 5.70. The number of hydrogen-bond donors (Lipinski definition) is 1. The topological polar surface area (TPSA) is 52.3 Å². The van der Waals surface area contributed by atoms with Gasteiger partial charge in [0.05, 0.1) is 12.6 Å². The molecule has 1 heterocycles. The average molecular weight is 243 g/mol. The molecule has 1 unspecified atom stereocenters. The number of carbonyl (C=O) groups is 1. The van der Waals surface area contributed by atoms with E-state index in [4.69, 9.17) is 16.9 Å². The highest BCUT2D eigenvalue weighted by Crippen LogP contribution is 2.26. The SMILES string of the molecule is C#CCC(N)C(=O)CCc1ccc2c(c1)CCO2. The highest BCUT2D eigenvalue weighted by atomic mass is 16.5. The number of terminal acetylenes is 1. The number of aryl methyl sites for hydroxylation is 1. The number of Topliss-reactive ketones (excluding diaryl/α,β-unsaturated/α-hetero) is 1. The first-order valence-corrected chi connectivity index (χ1v) is 6.17. The molecule has 94 valence electrons. The highest BCUT2D eigenvalue weighted by molar-refractivity contribution is 5.84. The molecule has 1 aliphatic rings. The standard InChI is InChI=1S/C15H17NO2/c1-2-3-13(16)14(17)6-4-11-5-7-15-12(10-11)8-9-18-15/h1,5,7,10,13H,3-4,6,8-9,16H2. The van der Waals surface area contributed by atoms with Gasteiger partial charge in [-0.15, -0.1) is 12.3 Å². The van der Waals surface area contributed by atoms with Gasteiger partial charge < -0.3 is 10.5 Å². The van der Waals surface area contributed by atoms with Crippen molar-refractivity contribution in [1.82, 2.24) is 0 Å². The molecule has 18 heavy (non-hydrogen) atoms. The largest absolute Gasteiger partial charge is 0.493 e. The van der Waals surface area contributed by atoms with Crippen molar-refractivity contribution in [3.8, 4) is 18.1 Å². The van der Waals surface area contributed by atoms with Gasteiger partial charge in [-0.05, 0) is 23.6 Å². The lowest BCUT2D eigenvalue weighted by Gasteiger charge is -2.07. The summed E-state index contributed by atoms with van der Waals surface area (Å²) in [6.45, 7) is 0.755. The lowest BCUT2D eigenvalue weighted by atomic mass is 10.0. The maximum atomic E-state index is 11.7. The van der Waals surface area contributed by atoms with Gasteiger partial charge in [0.15, 0.2) is 5.78 Å². The molecule has 0 aromatic heterocycles. The molecule has 3 heteroatoms. The third-order valence-corrected chi connectivity index (χ3v) is 3.17. The van der Waals surface area contributed by atoms with E-state index < -0.39 is 6.04 Å². The van der Waals surface area contributed by atoms with Crippen molar-refractivity contribution in [3.05, 3.63) is 29.3 Å². The fourth-order valence-electron chi connectivity index (χ4n) is 2.09. The van der Waals surface area contributed by atoms with Crippen molar-refractivity contribution < 1.29 is 9.53 Å². The zero-order chi connectivity index (χ0) is 13.0. The summed E-state index contributed by atoms with van der Waals surface area (Å²) in [5.41, 5.74) is 8.05. The Morgan fingerprint density at radius 3 is 3.17 bits per heavy atom. The Bertz CT molecular complexity index is 488. The summed E-state index contributed by atoms with van der Waals surface area (Å²) in [6.07, 6.45) is 7.57. The van der Waals surface area contributed by atoms with Crippen molar-refractivity contribution >= 4 is 5.78 Å². The van der Waals surface area contributed by atoms with E-state index in [0.717, 1.165) is 24.3 Å². The summed E-state index contributed by atoms with van der Waals surface area (Å²) >= 11 is 0. The molecule has 1 aromatic rings. The Kier molecular flexibility index (Phi) is 4.01. The monoisotopic (exact) mass is 243 g/mol. The summed E-state index contributed by atoms with van der Waals surface area (Å²) in [5.74, 6) is 3.42. The number of nitrogens with two attached hydrogens (primary N) is 1. The van der Waals surface area contributed by atoms with Crippen molar-refractivity contribution in [1.29, 1.82) is 0 Å². The molecule has 0 saturated heterocycles. The van der Waals surface area contributed by atoms with Gasteiger partial charge >= 0.3 is 0 Å². The van der Waals surface area contributed by atoms with Crippen molar-refractivity contribution in [2.45, 2.75) is 31.7 Å². The molecule has 1 aliphatic heterocycles. The van der Waals surface area contributed by atoms with E-state index in [1.807, 2.05) is 12.1 Å². The van der Waals surface area contributed by atoms with E-state index >= 15 is 0 Å². The van der Waals surface area contributed by atoms with Crippen LogP contribution in [0.15, 0.2) is 18.2 Å². The molecule has 0 radical (unpaired) electrons. The molecule has 1 aromatic carbocycles. The van der Waals surface area contributed by atoms with Gasteiger partial charge in [-0.3, -0.25) is 4.79 Å². The summed E-state index contributed by atoms with van der Waals surface area (Å²) in [5, 5.41) is 0. The van der Waals surface area contributed by atoms with E-state index in [9.17, 15) is 4.79 Å². The lowest BCUT2D eigenvalue weighted by Crippen LogP contribution is -2.30. The van der Waals surface area contributed by atoms with Crippen LogP contribution in [0.3, 0.4) is 0 Å². The Morgan fingerprint density at radius 2 is 2.39 bits per heavy atom. The molecular weight excluding hydrogens is 226 g/mol. The van der Waals surface area contributed by atoms with Gasteiger partial charge in [0.2, 0.25) is 0 Å². The van der Waals surface area contributed by atoms with Crippen LogP contribution in [0.5, 0.6) is 5.75 Å². The zero-order valence-corrected chi connectivity index (χ0v) is 10.3. The molecule has 1 atom stereocenters. The summed E-state index contributed by atoms with van der Waals surface area (Å²) in [7, 11) is 0. The number of hydrogen-bond acceptors (Lipinski definition) is 3. The molecule has 3 nitrogen and oxygen atoms in total. The van der Waals surface area contributed by atoms with Gasteiger partial charge in [0.1, 0.15) is 5.75 Å². The second-order valence-corrected chi connectivity index (χ2v) is 4.52. The molecule has 2 rings (SSSR count). The van der Waals surface area contributed by atoms with E-state index in [2.05, 4.69) is 12.0 Å². The van der Waals surface area contributed by atoms with Gasteiger partial charge in [0.25, 0.3) is 0 Å². The van der Waals surface area contributed by atoms with Gasteiger partial charge in [-0.1, -0.05) is 12.1 Å². The maximum absolute atomic E-state index is 11.7. The molecule has 0 aliphatic carbocycles. The first-order valence-electron chi connectivity index (χ1n) is 6.17. The van der Waals surface area contributed by atoms with Crippen LogP contribution in [-0.2, 0) is 17.6 Å². The Hall–Kier alpha value is -1.79. The predicted octanol–water partition coefficient (Wildman–Crippen LogP) is 1.47. The van der Waals surface area contributed by atoms with E-state index in [-0.39, 0.29) is 5.78 Å². The maximum Gasteiger partial charge on any atom is 0.150 e.